The Bertz CT molecular complexity index is 796. The first-order chi connectivity index (χ1) is 10.9. The maximum absolute atomic E-state index is 13.5. The van der Waals surface area contributed by atoms with Crippen LogP contribution >= 0.6 is 0 Å². The van der Waals surface area contributed by atoms with Gasteiger partial charge in [0.15, 0.2) is 34.8 Å². The van der Waals surface area contributed by atoms with Crippen molar-refractivity contribution in [2.24, 2.45) is 0 Å². The van der Waals surface area contributed by atoms with Crippen molar-refractivity contribution in [2.75, 3.05) is 12.1 Å². The molecule has 0 aromatic heterocycles. The van der Waals surface area contributed by atoms with Gasteiger partial charge in [0.25, 0.3) is 5.91 Å². The van der Waals surface area contributed by atoms with E-state index in [1.54, 1.807) is 5.32 Å². The van der Waals surface area contributed by atoms with Crippen LogP contribution in [0.3, 0.4) is 0 Å². The summed E-state index contributed by atoms with van der Waals surface area (Å²) in [5, 5.41) is 1.66. The molecule has 1 heterocycles. The lowest BCUT2D eigenvalue weighted by Crippen LogP contribution is -2.16. The quantitative estimate of drug-likeness (QED) is 0.521. The third kappa shape index (κ3) is 2.43. The normalized spacial score (nSPS) is 12.4. The first-order valence-electron chi connectivity index (χ1n) is 6.12. The summed E-state index contributed by atoms with van der Waals surface area (Å²) in [6.07, 6.45) is 0. The third-order valence-electron chi connectivity index (χ3n) is 3.08. The van der Waals surface area contributed by atoms with E-state index in [0.29, 0.717) is 5.75 Å². The van der Waals surface area contributed by atoms with Gasteiger partial charge in [-0.25, -0.2) is 22.0 Å². The van der Waals surface area contributed by atoms with Crippen LogP contribution in [0.1, 0.15) is 10.4 Å². The van der Waals surface area contributed by atoms with E-state index in [1.165, 1.54) is 18.2 Å². The number of ether oxygens (including phenoxy) is 2. The molecular formula is C14H6F5NO3. The fourth-order valence-corrected chi connectivity index (χ4v) is 1.94. The number of nitrogens with one attached hydrogen (secondary N) is 1. The van der Waals surface area contributed by atoms with Gasteiger partial charge in [-0.15, -0.1) is 0 Å². The van der Waals surface area contributed by atoms with Gasteiger partial charge in [0.1, 0.15) is 5.69 Å². The first kappa shape index (κ1) is 15.1. The number of rotatable bonds is 2. The number of hydrogen-bond donors (Lipinski definition) is 1. The van der Waals surface area contributed by atoms with Gasteiger partial charge < -0.3 is 14.8 Å². The second-order valence-electron chi connectivity index (χ2n) is 4.47. The van der Waals surface area contributed by atoms with Crippen LogP contribution < -0.4 is 14.8 Å². The highest BCUT2D eigenvalue weighted by atomic mass is 19.2. The Balaban J connectivity index is 1.95. The van der Waals surface area contributed by atoms with Gasteiger partial charge in [-0.05, 0) is 18.2 Å². The number of amides is 1. The Morgan fingerprint density at radius 3 is 2.09 bits per heavy atom. The fraction of sp³-hybridized carbons (Fsp3) is 0.0714. The number of hydrogen-bond acceptors (Lipinski definition) is 3. The zero-order chi connectivity index (χ0) is 16.7. The number of halogens is 5. The van der Waals surface area contributed by atoms with Crippen molar-refractivity contribution in [3.8, 4) is 11.5 Å². The average molecular weight is 331 g/mol. The maximum atomic E-state index is 13.5. The molecule has 0 fully saturated rings. The van der Waals surface area contributed by atoms with Crippen LogP contribution in [0.25, 0.3) is 0 Å². The number of fused-ring (bicyclic) bond motifs is 1. The van der Waals surface area contributed by atoms with Gasteiger partial charge in [0.2, 0.25) is 12.6 Å². The van der Waals surface area contributed by atoms with Crippen molar-refractivity contribution in [3.05, 3.63) is 52.8 Å². The predicted molar refractivity (Wildman–Crippen MR) is 66.8 cm³/mol. The lowest BCUT2D eigenvalue weighted by atomic mass is 10.1. The van der Waals surface area contributed by atoms with Crippen LogP contribution in [0.2, 0.25) is 0 Å². The van der Waals surface area contributed by atoms with Crippen LogP contribution in [-0.2, 0) is 0 Å². The molecule has 120 valence electrons. The summed E-state index contributed by atoms with van der Waals surface area (Å²) in [6.45, 7) is -0.0575. The summed E-state index contributed by atoms with van der Waals surface area (Å²) >= 11 is 0. The van der Waals surface area contributed by atoms with E-state index in [2.05, 4.69) is 0 Å². The third-order valence-corrected chi connectivity index (χ3v) is 3.08. The first-order valence-corrected chi connectivity index (χ1v) is 6.12. The molecule has 1 aliphatic rings. The Kier molecular flexibility index (Phi) is 3.55. The Labute approximate surface area is 125 Å². The average Bonchev–Trinajstić information content (AvgIpc) is 3.02. The molecule has 0 saturated carbocycles. The smallest absolute Gasteiger partial charge is 0.255 e. The van der Waals surface area contributed by atoms with Crippen LogP contribution in [-0.4, -0.2) is 12.7 Å². The minimum absolute atomic E-state index is 0.0575. The molecule has 23 heavy (non-hydrogen) atoms. The fourth-order valence-electron chi connectivity index (χ4n) is 1.94. The predicted octanol–water partition coefficient (Wildman–Crippen LogP) is 3.36. The molecule has 0 aliphatic carbocycles. The van der Waals surface area contributed by atoms with Crippen LogP contribution in [0.4, 0.5) is 27.6 Å². The molecule has 0 radical (unpaired) electrons. The highest BCUT2D eigenvalue weighted by Crippen LogP contribution is 2.33. The van der Waals surface area contributed by atoms with E-state index < -0.39 is 40.7 Å². The lowest BCUT2D eigenvalue weighted by Gasteiger charge is -2.10. The second kappa shape index (κ2) is 5.41. The van der Waals surface area contributed by atoms with E-state index in [-0.39, 0.29) is 18.1 Å². The molecule has 0 unspecified atom stereocenters. The zero-order valence-electron chi connectivity index (χ0n) is 11.1. The summed E-state index contributed by atoms with van der Waals surface area (Å²) in [5.74, 6) is -11.4. The number of carbonyl (C=O) groups is 1. The molecule has 1 amide bonds. The van der Waals surface area contributed by atoms with E-state index in [1.807, 2.05) is 0 Å². The van der Waals surface area contributed by atoms with Crippen molar-refractivity contribution in [3.63, 3.8) is 0 Å². The molecule has 4 nitrogen and oxygen atoms in total. The molecule has 0 spiro atoms. The summed E-state index contributed by atoms with van der Waals surface area (Å²) in [4.78, 5) is 11.9. The Hall–Kier alpha value is -2.84. The Morgan fingerprint density at radius 2 is 1.43 bits per heavy atom. The number of benzene rings is 2. The molecule has 0 bridgehead atoms. The van der Waals surface area contributed by atoms with E-state index >= 15 is 0 Å². The van der Waals surface area contributed by atoms with Gasteiger partial charge in [0.05, 0.1) is 0 Å². The van der Waals surface area contributed by atoms with Crippen molar-refractivity contribution < 1.29 is 36.2 Å². The summed E-state index contributed by atoms with van der Waals surface area (Å²) in [7, 11) is 0. The number of carbonyl (C=O) groups excluding carboxylic acids is 1. The standard InChI is InChI=1S/C14H6F5NO3/c15-8-9(16)11(18)13(12(19)10(8)17)20-14(21)5-1-2-6-7(3-5)23-4-22-6/h1-3H,4H2,(H,20,21). The van der Waals surface area contributed by atoms with Gasteiger partial charge in [-0.3, -0.25) is 4.79 Å². The lowest BCUT2D eigenvalue weighted by molar-refractivity contribution is 0.102. The second-order valence-corrected chi connectivity index (χ2v) is 4.47. The summed E-state index contributed by atoms with van der Waals surface area (Å²) in [6, 6.07) is 3.83. The van der Waals surface area contributed by atoms with Gasteiger partial charge >= 0.3 is 0 Å². The highest BCUT2D eigenvalue weighted by Gasteiger charge is 2.27. The molecular weight excluding hydrogens is 325 g/mol. The largest absolute Gasteiger partial charge is 0.454 e. The van der Waals surface area contributed by atoms with Gasteiger partial charge in [-0.2, -0.15) is 0 Å². The number of anilines is 1. The van der Waals surface area contributed by atoms with Crippen LogP contribution in [0.5, 0.6) is 11.5 Å². The van der Waals surface area contributed by atoms with E-state index in [0.717, 1.165) is 0 Å². The van der Waals surface area contributed by atoms with Gasteiger partial charge in [-0.1, -0.05) is 0 Å². The van der Waals surface area contributed by atoms with E-state index in [4.69, 9.17) is 9.47 Å². The van der Waals surface area contributed by atoms with Crippen molar-refractivity contribution in [1.82, 2.24) is 0 Å². The SMILES string of the molecule is O=C(Nc1c(F)c(F)c(F)c(F)c1F)c1ccc2c(c1)OCO2. The minimum atomic E-state index is -2.30. The topological polar surface area (TPSA) is 47.6 Å². The van der Waals surface area contributed by atoms with E-state index in [9.17, 15) is 26.7 Å². The van der Waals surface area contributed by atoms with Crippen LogP contribution in [0.15, 0.2) is 18.2 Å². The van der Waals surface area contributed by atoms with Gasteiger partial charge in [0, 0.05) is 5.56 Å². The molecule has 0 saturated heterocycles. The van der Waals surface area contributed by atoms with Crippen molar-refractivity contribution in [2.45, 2.75) is 0 Å². The summed E-state index contributed by atoms with van der Waals surface area (Å²) < 4.78 is 76.2. The molecule has 0 atom stereocenters. The monoisotopic (exact) mass is 331 g/mol. The molecule has 9 heteroatoms. The Morgan fingerprint density at radius 1 is 0.870 bits per heavy atom. The van der Waals surface area contributed by atoms with Crippen LogP contribution in [0, 0.1) is 29.1 Å². The zero-order valence-corrected chi connectivity index (χ0v) is 11.1. The molecule has 1 N–H and O–H groups in total. The molecule has 2 aromatic rings. The molecule has 2 aromatic carbocycles. The maximum Gasteiger partial charge on any atom is 0.255 e. The highest BCUT2D eigenvalue weighted by molar-refractivity contribution is 6.04. The summed E-state index contributed by atoms with van der Waals surface area (Å²) in [5.41, 5.74) is -1.54. The van der Waals surface area contributed by atoms with Crippen molar-refractivity contribution >= 4 is 11.6 Å². The van der Waals surface area contributed by atoms with Crippen molar-refractivity contribution in [1.29, 1.82) is 0 Å². The minimum Gasteiger partial charge on any atom is -0.454 e. The molecule has 3 rings (SSSR count). The molecule has 1 aliphatic heterocycles.